The van der Waals surface area contributed by atoms with E-state index in [1.165, 1.54) is 60.3 Å². The minimum absolute atomic E-state index is 0.891. The molecule has 3 nitrogen and oxygen atoms in total. The van der Waals surface area contributed by atoms with Crippen LogP contribution in [0, 0.1) is 13.8 Å². The van der Waals surface area contributed by atoms with Gasteiger partial charge in [0, 0.05) is 50.4 Å². The van der Waals surface area contributed by atoms with Gasteiger partial charge in [0.05, 0.1) is 28.6 Å². The highest BCUT2D eigenvalue weighted by molar-refractivity contribution is 7.30. The first kappa shape index (κ1) is 21.7. The molecule has 0 atom stereocenters. The van der Waals surface area contributed by atoms with Crippen LogP contribution in [0.3, 0.4) is 0 Å². The van der Waals surface area contributed by atoms with Crippen LogP contribution in [0.2, 0.25) is 0 Å². The maximum absolute atomic E-state index is 4.85. The highest BCUT2D eigenvalue weighted by Gasteiger charge is 2.18. The van der Waals surface area contributed by atoms with Crippen molar-refractivity contribution in [3.8, 4) is 26.8 Å². The number of nitrogens with zero attached hydrogens (tertiary/aromatic N) is 3. The van der Waals surface area contributed by atoms with Gasteiger partial charge in [-0.25, -0.2) is 0 Å². The van der Waals surface area contributed by atoms with Gasteiger partial charge in [0.2, 0.25) is 0 Å². The monoisotopic (exact) mass is 549 g/mol. The molecule has 0 amide bonds. The van der Waals surface area contributed by atoms with Gasteiger partial charge < -0.3 is 0 Å². The Kier molecular flexibility index (Phi) is 4.73. The van der Waals surface area contributed by atoms with Crippen molar-refractivity contribution in [2.45, 2.75) is 13.8 Å². The van der Waals surface area contributed by atoms with Crippen molar-refractivity contribution >= 4 is 86.0 Å². The lowest BCUT2D eigenvalue weighted by Gasteiger charge is -2.05. The van der Waals surface area contributed by atoms with Crippen LogP contribution in [0.1, 0.15) is 9.75 Å². The molecule has 178 valence electrons. The fourth-order valence-electron chi connectivity index (χ4n) is 5.12. The van der Waals surface area contributed by atoms with Crippen molar-refractivity contribution in [3.63, 3.8) is 0 Å². The third-order valence-corrected chi connectivity index (χ3v) is 11.2. The lowest BCUT2D eigenvalue weighted by atomic mass is 10.1. The third-order valence-electron chi connectivity index (χ3n) is 6.73. The summed E-state index contributed by atoms with van der Waals surface area (Å²) in [6, 6.07) is 24.4. The SMILES string of the molecule is Cc1cc2sc(-c3ccc4c(c3)c3cc(-c5ccccn5)ncc3n4-c3cc4sc(C)cc4s3)cc2s1. The van der Waals surface area contributed by atoms with Crippen LogP contribution in [0.15, 0.2) is 79.1 Å². The van der Waals surface area contributed by atoms with Gasteiger partial charge >= 0.3 is 0 Å². The third kappa shape index (κ3) is 3.42. The second-order valence-electron chi connectivity index (χ2n) is 9.24. The first-order chi connectivity index (χ1) is 18.1. The van der Waals surface area contributed by atoms with Gasteiger partial charge in [-0.1, -0.05) is 12.1 Å². The summed E-state index contributed by atoms with van der Waals surface area (Å²) in [5.41, 5.74) is 5.38. The van der Waals surface area contributed by atoms with Crippen LogP contribution in [0.25, 0.3) is 67.4 Å². The van der Waals surface area contributed by atoms with E-state index in [2.05, 4.69) is 71.9 Å². The summed E-state index contributed by atoms with van der Waals surface area (Å²) < 4.78 is 7.81. The van der Waals surface area contributed by atoms with E-state index in [1.54, 1.807) is 0 Å². The van der Waals surface area contributed by atoms with Gasteiger partial charge in [-0.2, -0.15) is 0 Å². The van der Waals surface area contributed by atoms with E-state index >= 15 is 0 Å². The van der Waals surface area contributed by atoms with E-state index in [4.69, 9.17) is 4.98 Å². The van der Waals surface area contributed by atoms with E-state index in [0.29, 0.717) is 0 Å². The molecular weight excluding hydrogens is 531 g/mol. The molecule has 0 bridgehead atoms. The van der Waals surface area contributed by atoms with Crippen LogP contribution < -0.4 is 0 Å². The lowest BCUT2D eigenvalue weighted by molar-refractivity contribution is 1.20. The van der Waals surface area contributed by atoms with E-state index < -0.39 is 0 Å². The molecule has 0 unspecified atom stereocenters. The van der Waals surface area contributed by atoms with Crippen molar-refractivity contribution < 1.29 is 0 Å². The minimum atomic E-state index is 0.891. The van der Waals surface area contributed by atoms with Gasteiger partial charge in [0.25, 0.3) is 0 Å². The normalized spacial score (nSPS) is 12.1. The van der Waals surface area contributed by atoms with Crippen LogP contribution in [0.4, 0.5) is 0 Å². The molecule has 0 aliphatic carbocycles. The van der Waals surface area contributed by atoms with Crippen LogP contribution in [-0.2, 0) is 0 Å². The molecule has 0 radical (unpaired) electrons. The molecule has 0 aliphatic rings. The van der Waals surface area contributed by atoms with Crippen molar-refractivity contribution in [2.75, 3.05) is 0 Å². The molecule has 37 heavy (non-hydrogen) atoms. The maximum atomic E-state index is 4.85. The van der Waals surface area contributed by atoms with Crippen molar-refractivity contribution in [2.24, 2.45) is 0 Å². The number of pyridine rings is 2. The Bertz CT molecular complexity index is 2060. The summed E-state index contributed by atoms with van der Waals surface area (Å²) in [7, 11) is 0. The quantitative estimate of drug-likeness (QED) is 0.219. The second kappa shape index (κ2) is 8.07. The number of fused-ring (bicyclic) bond motifs is 5. The molecule has 0 spiro atoms. The second-order valence-corrected chi connectivity index (χ2v) is 14.0. The first-order valence-corrected chi connectivity index (χ1v) is 15.2. The Labute approximate surface area is 228 Å². The summed E-state index contributed by atoms with van der Waals surface area (Å²) in [5.74, 6) is 0. The molecule has 0 saturated heterocycles. The lowest BCUT2D eigenvalue weighted by Crippen LogP contribution is -1.92. The standard InChI is InChI=1S/C30H19N3S4/c1-16-9-26-28(34-16)13-25(36-26)18-6-7-23-19(11-18)20-12-22(21-5-3-4-8-31-21)32-15-24(20)33(23)30-14-29-27(37-30)10-17(2)35-29/h3-15H,1-2H3. The zero-order valence-electron chi connectivity index (χ0n) is 20.0. The summed E-state index contributed by atoms with van der Waals surface area (Å²) in [5, 5.41) is 3.68. The number of benzene rings is 1. The topological polar surface area (TPSA) is 30.7 Å². The van der Waals surface area contributed by atoms with Crippen molar-refractivity contribution in [1.29, 1.82) is 0 Å². The number of hydrogen-bond donors (Lipinski definition) is 0. The summed E-state index contributed by atoms with van der Waals surface area (Å²) >= 11 is 7.46. The van der Waals surface area contributed by atoms with Crippen molar-refractivity contribution in [1.82, 2.24) is 14.5 Å². The number of aromatic nitrogens is 3. The molecule has 0 saturated carbocycles. The van der Waals surface area contributed by atoms with E-state index in [9.17, 15) is 0 Å². The number of rotatable bonds is 3. The number of hydrogen-bond acceptors (Lipinski definition) is 6. The van der Waals surface area contributed by atoms with Crippen LogP contribution in [0.5, 0.6) is 0 Å². The molecule has 8 aromatic rings. The largest absolute Gasteiger partial charge is 0.299 e. The highest BCUT2D eigenvalue weighted by Crippen LogP contribution is 2.43. The molecule has 7 heterocycles. The number of aryl methyl sites for hydroxylation is 2. The predicted octanol–water partition coefficient (Wildman–Crippen LogP) is 10.1. The average molecular weight is 550 g/mol. The molecule has 0 N–H and O–H groups in total. The summed E-state index contributed by atoms with van der Waals surface area (Å²) in [6.07, 6.45) is 3.84. The molecule has 0 aliphatic heterocycles. The molecule has 0 fully saturated rings. The van der Waals surface area contributed by atoms with Gasteiger partial charge in [0.1, 0.15) is 5.00 Å². The summed E-state index contributed by atoms with van der Waals surface area (Å²) in [4.78, 5) is 13.4. The van der Waals surface area contributed by atoms with Crippen LogP contribution in [-0.4, -0.2) is 14.5 Å². The van der Waals surface area contributed by atoms with Gasteiger partial charge in [-0.3, -0.25) is 14.5 Å². The smallest absolute Gasteiger partial charge is 0.102 e. The average Bonchev–Trinajstić information content (AvgIpc) is 3.68. The van der Waals surface area contributed by atoms with Gasteiger partial charge in [-0.15, -0.1) is 45.3 Å². The Hall–Kier alpha value is -3.36. The van der Waals surface area contributed by atoms with Gasteiger partial charge in [-0.05, 0) is 74.0 Å². The zero-order valence-corrected chi connectivity index (χ0v) is 23.2. The van der Waals surface area contributed by atoms with E-state index in [1.807, 2.05) is 75.9 Å². The molecule has 1 aromatic carbocycles. The molecule has 7 aromatic heterocycles. The maximum Gasteiger partial charge on any atom is 0.102 e. The first-order valence-electron chi connectivity index (χ1n) is 12.0. The zero-order chi connectivity index (χ0) is 24.7. The fraction of sp³-hybridized carbons (Fsp3) is 0.0667. The predicted molar refractivity (Wildman–Crippen MR) is 163 cm³/mol. The molecular formula is C30H19N3S4. The summed E-state index contributed by atoms with van der Waals surface area (Å²) in [6.45, 7) is 4.36. The fourth-order valence-corrected chi connectivity index (χ4v) is 9.77. The molecule has 8 rings (SSSR count). The Morgan fingerprint density at radius 1 is 0.622 bits per heavy atom. The number of thiophene rings is 4. The van der Waals surface area contributed by atoms with Crippen LogP contribution >= 0.6 is 45.3 Å². The minimum Gasteiger partial charge on any atom is -0.299 e. The highest BCUT2D eigenvalue weighted by atomic mass is 32.1. The molecule has 7 heteroatoms. The Morgan fingerprint density at radius 2 is 1.38 bits per heavy atom. The van der Waals surface area contributed by atoms with E-state index in [-0.39, 0.29) is 0 Å². The Morgan fingerprint density at radius 3 is 2.14 bits per heavy atom. The van der Waals surface area contributed by atoms with E-state index in [0.717, 1.165) is 16.9 Å². The Balaban J connectivity index is 1.40. The van der Waals surface area contributed by atoms with Crippen molar-refractivity contribution in [3.05, 3.63) is 88.9 Å². The van der Waals surface area contributed by atoms with Gasteiger partial charge in [0.15, 0.2) is 0 Å².